The van der Waals surface area contributed by atoms with Crippen molar-refractivity contribution >= 4 is 30.9 Å². The van der Waals surface area contributed by atoms with Gasteiger partial charge in [0.15, 0.2) is 6.49 Å². The summed E-state index contributed by atoms with van der Waals surface area (Å²) in [6, 6.07) is 0. The number of halogens is 1. The molecule has 0 radical (unpaired) electrons. The Hall–Kier alpha value is 0.820. The summed E-state index contributed by atoms with van der Waals surface area (Å²) in [6.45, 7) is 2.15. The molecule has 0 fully saturated rings. The van der Waals surface area contributed by atoms with Crippen LogP contribution in [0.5, 0.6) is 0 Å². The highest BCUT2D eigenvalue weighted by Gasteiger charge is 2.14. The summed E-state index contributed by atoms with van der Waals surface area (Å²) in [5.41, 5.74) is 0. The lowest BCUT2D eigenvalue weighted by Gasteiger charge is -2.13. The zero-order valence-electron chi connectivity index (χ0n) is 6.09. The van der Waals surface area contributed by atoms with Crippen molar-refractivity contribution in [3.63, 3.8) is 0 Å². The van der Waals surface area contributed by atoms with Crippen LogP contribution in [-0.2, 0) is 4.57 Å². The van der Waals surface area contributed by atoms with Crippen LogP contribution in [0.15, 0.2) is 0 Å². The third-order valence-electron chi connectivity index (χ3n) is 0.635. The van der Waals surface area contributed by atoms with Crippen molar-refractivity contribution in [3.8, 4) is 0 Å². The molecule has 0 rings (SSSR count). The van der Waals surface area contributed by atoms with Gasteiger partial charge in [-0.25, -0.2) is 0 Å². The standard InChI is InChI=1S/C5H13ClOP2/c1-8(2,3)5-9(4,6)7/h1,5H2,2-4H3/t9-/m1/s1. The van der Waals surface area contributed by atoms with Gasteiger partial charge in [-0.15, -0.1) is 13.2 Å². The molecule has 56 valence electrons. The summed E-state index contributed by atoms with van der Waals surface area (Å²) in [5, 5.41) is 0. The van der Waals surface area contributed by atoms with Crippen molar-refractivity contribution in [3.05, 3.63) is 0 Å². The van der Waals surface area contributed by atoms with Gasteiger partial charge >= 0.3 is 0 Å². The lowest BCUT2D eigenvalue weighted by Crippen LogP contribution is -1.82. The fourth-order valence-corrected chi connectivity index (χ4v) is 8.76. The largest absolute Gasteiger partial charge is 0.307 e. The summed E-state index contributed by atoms with van der Waals surface area (Å²) in [5.74, 6) is 0.613. The summed E-state index contributed by atoms with van der Waals surface area (Å²) >= 11 is 5.56. The highest BCUT2D eigenvalue weighted by Crippen LogP contribution is 2.58. The van der Waals surface area contributed by atoms with E-state index in [1.807, 2.05) is 13.3 Å². The first-order valence-corrected chi connectivity index (χ1v) is 8.94. The Bertz CT molecular complexity index is 155. The highest BCUT2D eigenvalue weighted by atomic mass is 35.7. The quantitative estimate of drug-likeness (QED) is 0.606. The van der Waals surface area contributed by atoms with Crippen molar-refractivity contribution in [2.45, 2.75) is 0 Å². The van der Waals surface area contributed by atoms with E-state index in [2.05, 4.69) is 6.30 Å². The highest BCUT2D eigenvalue weighted by molar-refractivity contribution is 7.97. The predicted octanol–water partition coefficient (Wildman–Crippen LogP) is 2.80. The second kappa shape index (κ2) is 2.82. The molecule has 0 aromatic rings. The van der Waals surface area contributed by atoms with Crippen LogP contribution in [0.3, 0.4) is 0 Å². The van der Waals surface area contributed by atoms with E-state index in [-0.39, 0.29) is 0 Å². The van der Waals surface area contributed by atoms with Crippen molar-refractivity contribution in [1.82, 2.24) is 0 Å². The second-order valence-electron chi connectivity index (χ2n) is 3.06. The Morgan fingerprint density at radius 3 is 1.78 bits per heavy atom. The predicted molar refractivity (Wildman–Crippen MR) is 50.1 cm³/mol. The van der Waals surface area contributed by atoms with Gasteiger partial charge in [0.1, 0.15) is 0 Å². The molecule has 4 heteroatoms. The van der Waals surface area contributed by atoms with Gasteiger partial charge in [0.2, 0.25) is 0 Å². The molecule has 0 aromatic carbocycles. The lowest BCUT2D eigenvalue weighted by molar-refractivity contribution is 0.590. The maximum atomic E-state index is 11.0. The topological polar surface area (TPSA) is 17.1 Å². The Kier molecular flexibility index (Phi) is 3.08. The van der Waals surface area contributed by atoms with Gasteiger partial charge in [-0.05, 0) is 13.3 Å². The first-order chi connectivity index (χ1) is 3.71. The zero-order valence-corrected chi connectivity index (χ0v) is 8.64. The fourth-order valence-electron chi connectivity index (χ4n) is 0.684. The van der Waals surface area contributed by atoms with E-state index < -0.39 is 13.4 Å². The molecule has 0 saturated carbocycles. The molecule has 0 aliphatic rings. The first kappa shape index (κ1) is 9.82. The fraction of sp³-hybridized carbons (Fsp3) is 0.800. The van der Waals surface area contributed by atoms with Crippen molar-refractivity contribution in [1.29, 1.82) is 0 Å². The minimum Gasteiger partial charge on any atom is -0.307 e. The molecule has 0 aliphatic carbocycles. The number of rotatable bonds is 2. The maximum Gasteiger partial charge on any atom is 0.170 e. The average Bonchev–Trinajstić information content (AvgIpc) is 1.14. The molecule has 9 heavy (non-hydrogen) atoms. The van der Waals surface area contributed by atoms with E-state index in [1.165, 1.54) is 0 Å². The van der Waals surface area contributed by atoms with Gasteiger partial charge in [0, 0.05) is 12.6 Å². The average molecular weight is 187 g/mol. The monoisotopic (exact) mass is 186 g/mol. The molecule has 0 heterocycles. The molecule has 0 bridgehead atoms. The molecular formula is C5H13ClOP2. The van der Waals surface area contributed by atoms with Crippen LogP contribution in [0.1, 0.15) is 0 Å². The molecule has 0 N–H and O–H groups in total. The molecule has 0 saturated heterocycles. The van der Waals surface area contributed by atoms with Crippen LogP contribution in [0, 0.1) is 0 Å². The molecule has 0 spiro atoms. The van der Waals surface area contributed by atoms with Crippen molar-refractivity contribution in [2.24, 2.45) is 0 Å². The molecule has 0 amide bonds. The normalized spacial score (nSPS) is 19.1. The van der Waals surface area contributed by atoms with Crippen LogP contribution in [0.25, 0.3) is 0 Å². The minimum atomic E-state index is -2.33. The SMILES string of the molecule is C=P(C)(C)C[P@@](C)(=O)Cl. The Morgan fingerprint density at radius 1 is 1.44 bits per heavy atom. The summed E-state index contributed by atoms with van der Waals surface area (Å²) in [6.07, 6.45) is 3.91. The van der Waals surface area contributed by atoms with Crippen LogP contribution >= 0.6 is 24.6 Å². The first-order valence-electron chi connectivity index (χ1n) is 2.64. The Balaban J connectivity index is 4.07. The van der Waals surface area contributed by atoms with E-state index >= 15 is 0 Å². The van der Waals surface area contributed by atoms with Gasteiger partial charge in [-0.2, -0.15) is 0 Å². The third kappa shape index (κ3) is 8.82. The van der Waals surface area contributed by atoms with Gasteiger partial charge < -0.3 is 4.57 Å². The minimum absolute atomic E-state index is 0.613. The van der Waals surface area contributed by atoms with E-state index in [0.717, 1.165) is 0 Å². The zero-order chi connectivity index (χ0) is 7.71. The molecule has 1 nitrogen and oxygen atoms in total. The Morgan fingerprint density at radius 2 is 1.78 bits per heavy atom. The molecule has 0 aliphatic heterocycles. The summed E-state index contributed by atoms with van der Waals surface area (Å²) < 4.78 is 11.0. The maximum absolute atomic E-state index is 11.0. The van der Waals surface area contributed by atoms with E-state index in [1.54, 1.807) is 6.66 Å². The van der Waals surface area contributed by atoms with Gasteiger partial charge in [0.05, 0.1) is 0 Å². The van der Waals surface area contributed by atoms with E-state index in [0.29, 0.717) is 5.90 Å². The third-order valence-corrected chi connectivity index (χ3v) is 6.68. The second-order valence-corrected chi connectivity index (χ2v) is 12.2. The molecular weight excluding hydrogens is 173 g/mol. The number of hydrogen-bond acceptors (Lipinski definition) is 1. The van der Waals surface area contributed by atoms with Gasteiger partial charge in [-0.3, -0.25) is 0 Å². The van der Waals surface area contributed by atoms with Gasteiger partial charge in [0.25, 0.3) is 0 Å². The Labute approximate surface area is 61.9 Å². The summed E-state index contributed by atoms with van der Waals surface area (Å²) in [7, 11) is 0. The molecule has 1 atom stereocenters. The van der Waals surface area contributed by atoms with E-state index in [4.69, 9.17) is 11.2 Å². The van der Waals surface area contributed by atoms with Gasteiger partial charge in [-0.1, -0.05) is 11.2 Å². The molecule has 0 aromatic heterocycles. The van der Waals surface area contributed by atoms with Crippen LogP contribution in [0.4, 0.5) is 0 Å². The molecule has 0 unspecified atom stereocenters. The van der Waals surface area contributed by atoms with Crippen LogP contribution in [0.2, 0.25) is 0 Å². The van der Waals surface area contributed by atoms with Crippen molar-refractivity contribution in [2.75, 3.05) is 25.9 Å². The van der Waals surface area contributed by atoms with E-state index in [9.17, 15) is 4.57 Å². The summed E-state index contributed by atoms with van der Waals surface area (Å²) in [4.78, 5) is 0. The van der Waals surface area contributed by atoms with Crippen LogP contribution in [-0.4, -0.2) is 32.2 Å². The van der Waals surface area contributed by atoms with Crippen LogP contribution < -0.4 is 0 Å². The number of hydrogen-bond donors (Lipinski definition) is 0. The van der Waals surface area contributed by atoms with Crippen molar-refractivity contribution < 1.29 is 4.57 Å². The smallest absolute Gasteiger partial charge is 0.170 e. The lowest BCUT2D eigenvalue weighted by atomic mass is 11.8.